The van der Waals surface area contributed by atoms with Gasteiger partial charge in [-0.2, -0.15) is 0 Å². The fourth-order valence-corrected chi connectivity index (χ4v) is 5.33. The van der Waals surface area contributed by atoms with Crippen LogP contribution in [0.15, 0.2) is 78.3 Å². The number of hydrogen-bond donors (Lipinski definition) is 2. The molecule has 2 unspecified atom stereocenters. The zero-order valence-electron chi connectivity index (χ0n) is 17.5. The predicted molar refractivity (Wildman–Crippen MR) is 124 cm³/mol. The van der Waals surface area contributed by atoms with Gasteiger partial charge in [-0.3, -0.25) is 0 Å². The Morgan fingerprint density at radius 1 is 1.10 bits per heavy atom. The molecule has 2 N–H and O–H groups in total. The molecule has 3 aromatic rings. The monoisotopic (exact) mass is 435 g/mol. The zero-order valence-corrected chi connectivity index (χ0v) is 18.3. The Morgan fingerprint density at radius 3 is 2.58 bits per heavy atom. The van der Waals surface area contributed by atoms with E-state index in [0.717, 1.165) is 11.1 Å². The third kappa shape index (κ3) is 3.66. The van der Waals surface area contributed by atoms with Gasteiger partial charge in [0.2, 0.25) is 4.87 Å². The summed E-state index contributed by atoms with van der Waals surface area (Å²) in [6.45, 7) is 2.34. The summed E-state index contributed by atoms with van der Waals surface area (Å²) in [5.74, 6) is -0.314. The van der Waals surface area contributed by atoms with E-state index in [9.17, 15) is 9.90 Å². The second kappa shape index (κ2) is 8.65. The lowest BCUT2D eigenvalue weighted by atomic mass is 9.82. The average molecular weight is 436 g/mol. The van der Waals surface area contributed by atoms with E-state index >= 15 is 0 Å². The predicted octanol–water partition coefficient (Wildman–Crippen LogP) is 5.26. The van der Waals surface area contributed by atoms with Crippen LogP contribution >= 0.6 is 11.8 Å². The molecular weight excluding hydrogens is 410 g/mol. The summed E-state index contributed by atoms with van der Waals surface area (Å²) in [5.41, 5.74) is 0.728. The summed E-state index contributed by atoms with van der Waals surface area (Å²) in [7, 11) is 1.55. The van der Waals surface area contributed by atoms with Gasteiger partial charge >= 0.3 is 5.97 Å². The first-order valence-electron chi connectivity index (χ1n) is 10.1. The number of methoxy groups -OCH3 is 1. The fourth-order valence-electron chi connectivity index (χ4n) is 4.21. The van der Waals surface area contributed by atoms with Crippen LogP contribution in [-0.2, 0) is 21.7 Å². The Hall–Kier alpha value is -2.96. The highest BCUT2D eigenvalue weighted by Gasteiger charge is 2.59. The number of carboxylic acid groups (broad SMARTS) is 1. The Labute approximate surface area is 186 Å². The first kappa shape index (κ1) is 21.3. The lowest BCUT2D eigenvalue weighted by molar-refractivity contribution is -0.153. The lowest BCUT2D eigenvalue weighted by Crippen LogP contribution is -2.61. The molecule has 0 bridgehead atoms. The van der Waals surface area contributed by atoms with E-state index in [2.05, 4.69) is 35.6 Å². The van der Waals surface area contributed by atoms with Crippen LogP contribution in [0.5, 0.6) is 5.75 Å². The molecule has 1 aliphatic heterocycles. The van der Waals surface area contributed by atoms with Crippen LogP contribution in [0, 0.1) is 0 Å². The van der Waals surface area contributed by atoms with Gasteiger partial charge in [0, 0.05) is 13.3 Å². The highest BCUT2D eigenvalue weighted by Crippen LogP contribution is 2.49. The first-order valence-corrected chi connectivity index (χ1v) is 11.0. The molecule has 3 aromatic carbocycles. The second-order valence-corrected chi connectivity index (χ2v) is 8.55. The lowest BCUT2D eigenvalue weighted by Gasteiger charge is -2.44. The van der Waals surface area contributed by atoms with Gasteiger partial charge in [-0.1, -0.05) is 67.2 Å². The molecule has 160 valence electrons. The molecule has 4 rings (SSSR count). The minimum atomic E-state index is -1.35. The third-order valence-electron chi connectivity index (χ3n) is 5.84. The van der Waals surface area contributed by atoms with Crippen molar-refractivity contribution in [3.8, 4) is 5.75 Å². The summed E-state index contributed by atoms with van der Waals surface area (Å²) in [6.07, 6.45) is 2.12. The molecule has 0 aromatic heterocycles. The maximum Gasteiger partial charge on any atom is 0.343 e. The van der Waals surface area contributed by atoms with E-state index in [1.807, 2.05) is 43.3 Å². The van der Waals surface area contributed by atoms with Gasteiger partial charge in [-0.15, -0.1) is 0 Å². The van der Waals surface area contributed by atoms with Crippen molar-refractivity contribution in [2.24, 2.45) is 0 Å². The molecule has 31 heavy (non-hydrogen) atoms. The SMILES string of the molecule is CCC(OC)(c1cccc(OCc2ccc3ccccc3c2)c1)C1(C(=O)O)NC=CS1. The van der Waals surface area contributed by atoms with Gasteiger partial charge in [0.15, 0.2) is 0 Å². The topological polar surface area (TPSA) is 67.8 Å². The van der Waals surface area contributed by atoms with Gasteiger partial charge in [-0.25, -0.2) is 4.79 Å². The Bertz CT molecular complexity index is 1120. The van der Waals surface area contributed by atoms with E-state index in [1.54, 1.807) is 18.7 Å². The van der Waals surface area contributed by atoms with E-state index in [4.69, 9.17) is 9.47 Å². The molecule has 0 radical (unpaired) electrons. The summed E-state index contributed by atoms with van der Waals surface area (Å²) in [4.78, 5) is 11.0. The van der Waals surface area contributed by atoms with Crippen LogP contribution < -0.4 is 10.1 Å². The van der Waals surface area contributed by atoms with Crippen LogP contribution in [0.3, 0.4) is 0 Å². The summed E-state index contributed by atoms with van der Waals surface area (Å²) >= 11 is 1.21. The van der Waals surface area contributed by atoms with Crippen LogP contribution in [-0.4, -0.2) is 23.1 Å². The molecular formula is C25H25NO4S. The number of carboxylic acids is 1. The molecule has 0 aliphatic carbocycles. The third-order valence-corrected chi connectivity index (χ3v) is 7.08. The highest BCUT2D eigenvalue weighted by molar-refractivity contribution is 8.04. The van der Waals surface area contributed by atoms with Crippen LogP contribution in [0.25, 0.3) is 10.8 Å². The first-order chi connectivity index (χ1) is 15.0. The van der Waals surface area contributed by atoms with Crippen LogP contribution in [0.4, 0.5) is 0 Å². The number of ether oxygens (including phenoxy) is 2. The number of aliphatic carboxylic acids is 1. The second-order valence-electron chi connectivity index (χ2n) is 7.43. The normalized spacial score (nSPS) is 19.7. The summed E-state index contributed by atoms with van der Waals surface area (Å²) in [6, 6.07) is 22.0. The number of fused-ring (bicyclic) bond motifs is 1. The van der Waals surface area contributed by atoms with Crippen molar-refractivity contribution in [2.45, 2.75) is 30.4 Å². The zero-order chi connectivity index (χ0) is 21.9. The van der Waals surface area contributed by atoms with Crippen molar-refractivity contribution < 1.29 is 19.4 Å². The molecule has 1 heterocycles. The van der Waals surface area contributed by atoms with Gasteiger partial charge in [-0.05, 0) is 51.9 Å². The van der Waals surface area contributed by atoms with Crippen molar-refractivity contribution in [2.75, 3.05) is 7.11 Å². The maximum absolute atomic E-state index is 12.3. The van der Waals surface area contributed by atoms with E-state index < -0.39 is 16.4 Å². The van der Waals surface area contributed by atoms with Crippen LogP contribution in [0.2, 0.25) is 0 Å². The summed E-state index contributed by atoms with van der Waals surface area (Å²) in [5, 5.41) is 17.2. The van der Waals surface area contributed by atoms with E-state index in [-0.39, 0.29) is 0 Å². The minimum Gasteiger partial charge on any atom is -0.489 e. The fraction of sp³-hybridized carbons (Fsp3) is 0.240. The molecule has 1 aliphatic rings. The molecule has 0 saturated carbocycles. The molecule has 0 fully saturated rings. The van der Waals surface area contributed by atoms with Gasteiger partial charge in [0.25, 0.3) is 0 Å². The summed E-state index contributed by atoms with van der Waals surface area (Å²) < 4.78 is 12.0. The molecule has 0 saturated heterocycles. The Kier molecular flexibility index (Phi) is 5.94. The van der Waals surface area contributed by atoms with Gasteiger partial charge < -0.3 is 19.9 Å². The minimum absolute atomic E-state index is 0.416. The van der Waals surface area contributed by atoms with E-state index in [1.165, 1.54) is 22.5 Å². The smallest absolute Gasteiger partial charge is 0.343 e. The highest BCUT2D eigenvalue weighted by atomic mass is 32.2. The number of carbonyl (C=O) groups is 1. The van der Waals surface area contributed by atoms with Crippen molar-refractivity contribution in [3.05, 3.63) is 89.5 Å². The standard InChI is InChI=1S/C25H25NO4S/c1-3-24(29-2,25(23(27)28)26-13-14-31-25)21-9-6-10-22(16-21)30-17-18-11-12-19-7-4-5-8-20(19)15-18/h4-16,26H,3,17H2,1-2H3,(H,27,28). The van der Waals surface area contributed by atoms with Gasteiger partial charge in [0.05, 0.1) is 0 Å². The largest absolute Gasteiger partial charge is 0.489 e. The quantitative estimate of drug-likeness (QED) is 0.503. The number of nitrogens with one attached hydrogen (secondary N) is 1. The molecule has 0 spiro atoms. The van der Waals surface area contributed by atoms with Crippen molar-refractivity contribution in [1.82, 2.24) is 5.32 Å². The molecule has 6 heteroatoms. The van der Waals surface area contributed by atoms with Gasteiger partial charge in [0.1, 0.15) is 18.0 Å². The molecule has 0 amide bonds. The molecule has 5 nitrogen and oxygen atoms in total. The maximum atomic E-state index is 12.3. The number of benzene rings is 3. The van der Waals surface area contributed by atoms with E-state index in [0.29, 0.717) is 18.8 Å². The number of hydrogen-bond acceptors (Lipinski definition) is 5. The van der Waals surface area contributed by atoms with Crippen molar-refractivity contribution in [3.63, 3.8) is 0 Å². The number of rotatable bonds is 8. The Balaban J connectivity index is 1.62. The Morgan fingerprint density at radius 2 is 1.90 bits per heavy atom. The average Bonchev–Trinajstić information content (AvgIpc) is 3.31. The van der Waals surface area contributed by atoms with Crippen molar-refractivity contribution in [1.29, 1.82) is 0 Å². The molecule has 2 atom stereocenters. The number of thioether (sulfide) groups is 1. The van der Waals surface area contributed by atoms with Crippen LogP contribution in [0.1, 0.15) is 24.5 Å². The van der Waals surface area contributed by atoms with Crippen molar-refractivity contribution >= 4 is 28.5 Å².